The van der Waals surface area contributed by atoms with E-state index in [0.29, 0.717) is 24.3 Å². The van der Waals surface area contributed by atoms with Crippen molar-refractivity contribution in [3.63, 3.8) is 0 Å². The fraction of sp³-hybridized carbons (Fsp3) is 0.438. The Hall–Kier alpha value is -1.75. The van der Waals surface area contributed by atoms with E-state index in [0.717, 1.165) is 38.1 Å². The maximum atomic E-state index is 5.87. The van der Waals surface area contributed by atoms with Crippen LogP contribution < -0.4 is 11.1 Å². The molecule has 1 saturated heterocycles. The van der Waals surface area contributed by atoms with Crippen molar-refractivity contribution in [1.82, 2.24) is 10.3 Å². The minimum atomic E-state index is 0.324. The van der Waals surface area contributed by atoms with E-state index in [9.17, 15) is 0 Å². The highest BCUT2D eigenvalue weighted by Crippen LogP contribution is 2.18. The molecule has 0 radical (unpaired) electrons. The van der Waals surface area contributed by atoms with Gasteiger partial charge >= 0.3 is 0 Å². The zero-order valence-electron chi connectivity index (χ0n) is 12.8. The van der Waals surface area contributed by atoms with E-state index in [1.807, 2.05) is 19.1 Å². The monoisotopic (exact) mass is 285 g/mol. The first-order chi connectivity index (χ1) is 10.0. The maximum Gasteiger partial charge on any atom is 0.297 e. The maximum absolute atomic E-state index is 5.87. The van der Waals surface area contributed by atoms with E-state index < -0.39 is 0 Å². The smallest absolute Gasteiger partial charge is 0.297 e. The molecule has 5 heteroatoms. The molecule has 1 aromatic rings. The lowest BCUT2D eigenvalue weighted by atomic mass is 9.78. The van der Waals surface area contributed by atoms with Gasteiger partial charge in [-0.05, 0) is 38.3 Å². The van der Waals surface area contributed by atoms with E-state index in [-0.39, 0.29) is 0 Å². The van der Waals surface area contributed by atoms with Crippen LogP contribution in [-0.4, -0.2) is 24.5 Å². The predicted molar refractivity (Wildman–Crippen MR) is 89.1 cm³/mol. The van der Waals surface area contributed by atoms with Crippen molar-refractivity contribution in [3.8, 4) is 0 Å². The van der Waals surface area contributed by atoms with Gasteiger partial charge in [-0.2, -0.15) is 0 Å². The van der Waals surface area contributed by atoms with E-state index in [4.69, 9.17) is 10.4 Å². The molecule has 1 aliphatic rings. The Labute approximate surface area is 127 Å². The van der Waals surface area contributed by atoms with Crippen LogP contribution in [-0.2, 0) is 11.1 Å². The molecule has 0 aromatic carbocycles. The molecule has 0 amide bonds. The molecule has 1 aliphatic heterocycles. The van der Waals surface area contributed by atoms with Crippen molar-refractivity contribution in [2.45, 2.75) is 44.7 Å². The van der Waals surface area contributed by atoms with E-state index in [2.05, 4.69) is 23.5 Å². The number of nitrogen functional groups attached to an aromatic ring is 1. The van der Waals surface area contributed by atoms with Crippen LogP contribution in [0.3, 0.4) is 0 Å². The van der Waals surface area contributed by atoms with Gasteiger partial charge in [0, 0.05) is 29.9 Å². The lowest BCUT2D eigenvalue weighted by molar-refractivity contribution is 0.168. The van der Waals surface area contributed by atoms with Gasteiger partial charge in [0.15, 0.2) is 0 Å². The second-order valence-corrected chi connectivity index (χ2v) is 5.87. The molecule has 0 saturated carbocycles. The summed E-state index contributed by atoms with van der Waals surface area (Å²) in [5, 5.41) is 3.44. The third-order valence-electron chi connectivity index (χ3n) is 3.58. The van der Waals surface area contributed by atoms with Crippen LogP contribution in [0.1, 0.15) is 31.9 Å². The first-order valence-corrected chi connectivity index (χ1v) is 7.44. The molecular weight excluding hydrogens is 261 g/mol. The van der Waals surface area contributed by atoms with Gasteiger partial charge in [-0.15, -0.1) is 6.58 Å². The Morgan fingerprint density at radius 1 is 1.48 bits per heavy atom. The summed E-state index contributed by atoms with van der Waals surface area (Å²) in [6.07, 6.45) is 4.14. The molecule has 0 aliphatic carbocycles. The van der Waals surface area contributed by atoms with Gasteiger partial charge in [-0.3, -0.25) is 0 Å². The number of nitrogens with one attached hydrogen (secondary N) is 1. The van der Waals surface area contributed by atoms with Crippen molar-refractivity contribution in [2.75, 3.05) is 5.73 Å². The van der Waals surface area contributed by atoms with Gasteiger partial charge < -0.3 is 15.7 Å². The number of aromatic nitrogens is 1. The fourth-order valence-corrected chi connectivity index (χ4v) is 2.62. The third-order valence-corrected chi connectivity index (χ3v) is 3.58. The normalized spacial score (nSPS) is 21.4. The second-order valence-electron chi connectivity index (χ2n) is 5.87. The minimum Gasteiger partial charge on any atom is -0.434 e. The number of hydrogen-bond acceptors (Lipinski definition) is 4. The van der Waals surface area contributed by atoms with Crippen molar-refractivity contribution in [1.29, 1.82) is 0 Å². The van der Waals surface area contributed by atoms with Crippen LogP contribution in [0.15, 0.2) is 42.6 Å². The highest BCUT2D eigenvalue weighted by molar-refractivity contribution is 6.30. The minimum absolute atomic E-state index is 0.324. The molecular formula is C16H24BN3O. The van der Waals surface area contributed by atoms with Crippen LogP contribution in [0.5, 0.6) is 0 Å². The van der Waals surface area contributed by atoms with E-state index in [1.165, 1.54) is 5.57 Å². The van der Waals surface area contributed by atoms with Gasteiger partial charge in [0.2, 0.25) is 0 Å². The van der Waals surface area contributed by atoms with Crippen LogP contribution in [0.4, 0.5) is 5.82 Å². The summed E-state index contributed by atoms with van der Waals surface area (Å²) >= 11 is 0. The highest BCUT2D eigenvalue weighted by atomic mass is 16.4. The number of pyridine rings is 1. The summed E-state index contributed by atoms with van der Waals surface area (Å²) in [6.45, 7) is 10.1. The SMILES string of the molecule is C=C(C)CC1CCC(NC(=C)Cc2cccc(N)n2)BO1. The molecule has 4 nitrogen and oxygen atoms in total. The third kappa shape index (κ3) is 5.27. The quantitative estimate of drug-likeness (QED) is 0.621. The fourth-order valence-electron chi connectivity index (χ4n) is 2.62. The molecule has 2 heterocycles. The Balaban J connectivity index is 1.75. The molecule has 2 rings (SSSR count). The summed E-state index contributed by atoms with van der Waals surface area (Å²) < 4.78 is 5.87. The number of hydrogen-bond donors (Lipinski definition) is 2. The molecule has 21 heavy (non-hydrogen) atoms. The van der Waals surface area contributed by atoms with Crippen LogP contribution in [0.2, 0.25) is 0 Å². The van der Waals surface area contributed by atoms with E-state index >= 15 is 0 Å². The average Bonchev–Trinajstić information content (AvgIpc) is 2.40. The topological polar surface area (TPSA) is 60.2 Å². The van der Waals surface area contributed by atoms with Crippen molar-refractivity contribution >= 4 is 13.3 Å². The lowest BCUT2D eigenvalue weighted by Crippen LogP contribution is -2.42. The molecule has 1 aromatic heterocycles. The standard InChI is InChI=1S/C16H24BN3O/c1-11(2)9-14-7-8-15(17-21-14)19-12(3)10-13-5-4-6-16(18)20-13/h4-6,14-15,17,19H,1,3,7-10H2,2H3,(H2,18,20). The number of allylic oxidation sites excluding steroid dienone is 1. The molecule has 0 spiro atoms. The summed E-state index contributed by atoms with van der Waals surface area (Å²) in [5.74, 6) is 0.879. The Morgan fingerprint density at radius 3 is 2.90 bits per heavy atom. The zero-order chi connectivity index (χ0) is 15.2. The lowest BCUT2D eigenvalue weighted by Gasteiger charge is -2.30. The van der Waals surface area contributed by atoms with Crippen molar-refractivity contribution < 1.29 is 4.65 Å². The van der Waals surface area contributed by atoms with Crippen molar-refractivity contribution in [3.05, 3.63) is 48.3 Å². The molecule has 0 bridgehead atoms. The summed E-state index contributed by atoms with van der Waals surface area (Å²) in [5.41, 5.74) is 8.76. The van der Waals surface area contributed by atoms with Gasteiger partial charge in [-0.25, -0.2) is 4.98 Å². The van der Waals surface area contributed by atoms with Gasteiger partial charge in [-0.1, -0.05) is 18.2 Å². The van der Waals surface area contributed by atoms with Crippen LogP contribution in [0.25, 0.3) is 0 Å². The number of nitrogens with two attached hydrogens (primary N) is 1. The van der Waals surface area contributed by atoms with Crippen LogP contribution >= 0.6 is 0 Å². The Kier molecular flexibility index (Phi) is 5.45. The first kappa shape index (κ1) is 15.6. The number of rotatable bonds is 6. The Morgan fingerprint density at radius 2 is 2.29 bits per heavy atom. The van der Waals surface area contributed by atoms with Gasteiger partial charge in [0.1, 0.15) is 5.82 Å². The zero-order valence-corrected chi connectivity index (χ0v) is 12.8. The predicted octanol–water partition coefficient (Wildman–Crippen LogP) is 2.13. The van der Waals surface area contributed by atoms with Gasteiger partial charge in [0.05, 0.1) is 0 Å². The molecule has 3 N–H and O–H groups in total. The molecule has 2 atom stereocenters. The second kappa shape index (κ2) is 7.32. The number of nitrogens with zero attached hydrogens (tertiary/aromatic N) is 1. The number of anilines is 1. The summed E-state index contributed by atoms with van der Waals surface area (Å²) in [4.78, 5) is 4.29. The highest BCUT2D eigenvalue weighted by Gasteiger charge is 2.23. The molecule has 1 fully saturated rings. The molecule has 2 unspecified atom stereocenters. The Bertz CT molecular complexity index is 510. The summed E-state index contributed by atoms with van der Waals surface area (Å²) in [6, 6.07) is 5.66. The largest absolute Gasteiger partial charge is 0.434 e. The first-order valence-electron chi connectivity index (χ1n) is 7.44. The van der Waals surface area contributed by atoms with E-state index in [1.54, 1.807) is 6.07 Å². The van der Waals surface area contributed by atoms with Gasteiger partial charge in [0.25, 0.3) is 7.48 Å². The summed E-state index contributed by atoms with van der Waals surface area (Å²) in [7, 11) is 0.724. The van der Waals surface area contributed by atoms with Crippen molar-refractivity contribution in [2.24, 2.45) is 0 Å². The average molecular weight is 285 g/mol. The molecule has 112 valence electrons. The van der Waals surface area contributed by atoms with Crippen LogP contribution in [0, 0.1) is 0 Å².